The molecule has 0 fully saturated rings. The molecule has 3 N–H and O–H groups in total. The Balaban J connectivity index is 4.16. The van der Waals surface area contributed by atoms with E-state index < -0.39 is 18.0 Å². The van der Waals surface area contributed by atoms with Crippen molar-refractivity contribution in [3.05, 3.63) is 0 Å². The first-order chi connectivity index (χ1) is 8.04. The summed E-state index contributed by atoms with van der Waals surface area (Å²) in [6, 6.07) is -1.40. The van der Waals surface area contributed by atoms with E-state index in [4.69, 9.17) is 9.84 Å². The molecule has 0 saturated carbocycles. The van der Waals surface area contributed by atoms with Crippen molar-refractivity contribution in [3.8, 4) is 0 Å². The van der Waals surface area contributed by atoms with Gasteiger partial charge in [-0.2, -0.15) is 0 Å². The number of carboxylic acid groups (broad SMARTS) is 1. The second-order valence-electron chi connectivity index (χ2n) is 3.86. The Morgan fingerprint density at radius 2 is 1.94 bits per heavy atom. The van der Waals surface area contributed by atoms with Gasteiger partial charge < -0.3 is 20.5 Å². The third-order valence-corrected chi connectivity index (χ3v) is 2.40. The van der Waals surface area contributed by atoms with E-state index in [1.807, 2.05) is 13.8 Å². The van der Waals surface area contributed by atoms with E-state index >= 15 is 0 Å². The number of carbonyl (C=O) groups excluding carboxylic acids is 1. The van der Waals surface area contributed by atoms with Gasteiger partial charge in [0.1, 0.15) is 0 Å². The van der Waals surface area contributed by atoms with Gasteiger partial charge in [0.05, 0.1) is 6.61 Å². The molecule has 0 aliphatic carbocycles. The second-order valence-corrected chi connectivity index (χ2v) is 3.86. The standard InChI is InChI=1S/C11H22N2O4/c1-4-6-8(5-2)12-11(16)13-9(7-17-3)10(14)15/h8-9H,4-7H2,1-3H3,(H,14,15)(H2,12,13,16). The lowest BCUT2D eigenvalue weighted by Crippen LogP contribution is -2.50. The highest BCUT2D eigenvalue weighted by Crippen LogP contribution is 2.00. The highest BCUT2D eigenvalue weighted by atomic mass is 16.5. The van der Waals surface area contributed by atoms with Gasteiger partial charge in [-0.3, -0.25) is 0 Å². The molecule has 0 heterocycles. The van der Waals surface area contributed by atoms with Crippen LogP contribution in [0.4, 0.5) is 4.79 Å². The number of hydrogen-bond donors (Lipinski definition) is 3. The van der Waals surface area contributed by atoms with Crippen molar-refractivity contribution >= 4 is 12.0 Å². The summed E-state index contributed by atoms with van der Waals surface area (Å²) < 4.78 is 4.72. The number of aliphatic carboxylic acids is 1. The molecule has 2 amide bonds. The van der Waals surface area contributed by atoms with Crippen LogP contribution in [0.2, 0.25) is 0 Å². The fourth-order valence-corrected chi connectivity index (χ4v) is 1.45. The molecule has 2 unspecified atom stereocenters. The normalized spacial score (nSPS) is 13.8. The van der Waals surface area contributed by atoms with Crippen LogP contribution < -0.4 is 10.6 Å². The highest BCUT2D eigenvalue weighted by Gasteiger charge is 2.20. The van der Waals surface area contributed by atoms with Gasteiger partial charge in [-0.1, -0.05) is 20.3 Å². The molecule has 0 bridgehead atoms. The van der Waals surface area contributed by atoms with Crippen LogP contribution in [0.1, 0.15) is 33.1 Å². The number of ether oxygens (including phenoxy) is 1. The molecule has 0 rings (SSSR count). The van der Waals surface area contributed by atoms with Crippen molar-refractivity contribution in [2.75, 3.05) is 13.7 Å². The first-order valence-corrected chi connectivity index (χ1v) is 5.83. The van der Waals surface area contributed by atoms with Crippen LogP contribution >= 0.6 is 0 Å². The maximum Gasteiger partial charge on any atom is 0.328 e. The zero-order chi connectivity index (χ0) is 13.3. The number of hydrogen-bond acceptors (Lipinski definition) is 3. The van der Waals surface area contributed by atoms with Gasteiger partial charge in [-0.15, -0.1) is 0 Å². The summed E-state index contributed by atoms with van der Waals surface area (Å²) >= 11 is 0. The predicted molar refractivity (Wildman–Crippen MR) is 64.0 cm³/mol. The smallest absolute Gasteiger partial charge is 0.328 e. The maximum atomic E-state index is 11.5. The zero-order valence-electron chi connectivity index (χ0n) is 10.7. The Labute approximate surface area is 102 Å². The molecule has 100 valence electrons. The fourth-order valence-electron chi connectivity index (χ4n) is 1.45. The Hall–Kier alpha value is -1.30. The molecule has 0 aromatic heterocycles. The molecular formula is C11H22N2O4. The van der Waals surface area contributed by atoms with E-state index in [0.29, 0.717) is 0 Å². The van der Waals surface area contributed by atoms with Crippen LogP contribution in [-0.2, 0) is 9.53 Å². The number of carboxylic acids is 1. The highest BCUT2D eigenvalue weighted by molar-refractivity contribution is 5.82. The molecule has 2 atom stereocenters. The molecule has 0 aliphatic rings. The second kappa shape index (κ2) is 8.81. The predicted octanol–water partition coefficient (Wildman–Crippen LogP) is 0.964. The summed E-state index contributed by atoms with van der Waals surface area (Å²) in [5.74, 6) is -1.11. The quantitative estimate of drug-likeness (QED) is 0.595. The lowest BCUT2D eigenvalue weighted by atomic mass is 10.1. The number of carbonyl (C=O) groups is 2. The average Bonchev–Trinajstić information content (AvgIpc) is 2.27. The topological polar surface area (TPSA) is 87.7 Å². The first-order valence-electron chi connectivity index (χ1n) is 5.83. The van der Waals surface area contributed by atoms with E-state index in [-0.39, 0.29) is 12.6 Å². The van der Waals surface area contributed by atoms with E-state index in [1.165, 1.54) is 7.11 Å². The minimum atomic E-state index is -1.11. The number of rotatable bonds is 8. The number of nitrogens with one attached hydrogen (secondary N) is 2. The van der Waals surface area contributed by atoms with Crippen LogP contribution in [0.3, 0.4) is 0 Å². The van der Waals surface area contributed by atoms with Crippen molar-refractivity contribution < 1.29 is 19.4 Å². The Bertz CT molecular complexity index is 246. The van der Waals surface area contributed by atoms with Crippen molar-refractivity contribution in [3.63, 3.8) is 0 Å². The summed E-state index contributed by atoms with van der Waals surface area (Å²) in [6.07, 6.45) is 2.68. The Morgan fingerprint density at radius 1 is 1.29 bits per heavy atom. The van der Waals surface area contributed by atoms with E-state index in [0.717, 1.165) is 19.3 Å². The van der Waals surface area contributed by atoms with Gasteiger partial charge in [-0.25, -0.2) is 9.59 Å². The molecule has 6 heteroatoms. The minimum Gasteiger partial charge on any atom is -0.480 e. The van der Waals surface area contributed by atoms with E-state index in [1.54, 1.807) is 0 Å². The third-order valence-electron chi connectivity index (χ3n) is 2.40. The van der Waals surface area contributed by atoms with Crippen molar-refractivity contribution in [1.29, 1.82) is 0 Å². The SMILES string of the molecule is CCCC(CC)NC(=O)NC(COC)C(=O)O. The van der Waals surface area contributed by atoms with Crippen LogP contribution in [0.5, 0.6) is 0 Å². The molecule has 0 aromatic rings. The first kappa shape index (κ1) is 15.7. The minimum absolute atomic E-state index is 0.0483. The van der Waals surface area contributed by atoms with Gasteiger partial charge in [-0.05, 0) is 12.8 Å². The molecule has 0 spiro atoms. The summed E-state index contributed by atoms with van der Waals surface area (Å²) in [5, 5.41) is 13.9. The van der Waals surface area contributed by atoms with Gasteiger partial charge in [0.15, 0.2) is 6.04 Å². The average molecular weight is 246 g/mol. The maximum absolute atomic E-state index is 11.5. The summed E-state index contributed by atoms with van der Waals surface area (Å²) in [6.45, 7) is 3.96. The lowest BCUT2D eigenvalue weighted by Gasteiger charge is -2.19. The molecule has 0 saturated heterocycles. The van der Waals surface area contributed by atoms with Gasteiger partial charge in [0.25, 0.3) is 0 Å². The summed E-state index contributed by atoms with van der Waals surface area (Å²) in [4.78, 5) is 22.3. The Kier molecular flexibility index (Phi) is 8.13. The number of methoxy groups -OCH3 is 1. The summed E-state index contributed by atoms with van der Waals surface area (Å²) in [5.41, 5.74) is 0. The molecule has 0 aliphatic heterocycles. The van der Waals surface area contributed by atoms with Crippen LogP contribution in [0.15, 0.2) is 0 Å². The number of amides is 2. The largest absolute Gasteiger partial charge is 0.480 e. The third kappa shape index (κ3) is 6.78. The lowest BCUT2D eigenvalue weighted by molar-refractivity contribution is -0.140. The van der Waals surface area contributed by atoms with E-state index in [2.05, 4.69) is 10.6 Å². The van der Waals surface area contributed by atoms with Gasteiger partial charge in [0.2, 0.25) is 0 Å². The van der Waals surface area contributed by atoms with Crippen molar-refractivity contribution in [2.24, 2.45) is 0 Å². The monoisotopic (exact) mass is 246 g/mol. The van der Waals surface area contributed by atoms with Crippen molar-refractivity contribution in [1.82, 2.24) is 10.6 Å². The fraction of sp³-hybridized carbons (Fsp3) is 0.818. The molecule has 0 aromatic carbocycles. The summed E-state index contributed by atoms with van der Waals surface area (Å²) in [7, 11) is 1.39. The molecule has 17 heavy (non-hydrogen) atoms. The molecular weight excluding hydrogens is 224 g/mol. The van der Waals surface area contributed by atoms with Gasteiger partial charge >= 0.3 is 12.0 Å². The van der Waals surface area contributed by atoms with Crippen LogP contribution in [-0.4, -0.2) is 42.9 Å². The van der Waals surface area contributed by atoms with Crippen LogP contribution in [0.25, 0.3) is 0 Å². The number of urea groups is 1. The van der Waals surface area contributed by atoms with Gasteiger partial charge in [0, 0.05) is 13.2 Å². The molecule has 6 nitrogen and oxygen atoms in total. The molecule has 0 radical (unpaired) electrons. The van der Waals surface area contributed by atoms with Crippen molar-refractivity contribution in [2.45, 2.75) is 45.2 Å². The van der Waals surface area contributed by atoms with E-state index in [9.17, 15) is 9.59 Å². The van der Waals surface area contributed by atoms with Crippen LogP contribution in [0, 0.1) is 0 Å². The Morgan fingerprint density at radius 3 is 2.35 bits per heavy atom. The zero-order valence-corrected chi connectivity index (χ0v) is 10.7.